The van der Waals surface area contributed by atoms with Crippen LogP contribution in [0.1, 0.15) is 75.8 Å². The summed E-state index contributed by atoms with van der Waals surface area (Å²) in [4.78, 5) is 3.56. The summed E-state index contributed by atoms with van der Waals surface area (Å²) >= 11 is -2.28. The van der Waals surface area contributed by atoms with Crippen molar-refractivity contribution in [3.63, 3.8) is 0 Å². The van der Waals surface area contributed by atoms with Gasteiger partial charge in [-0.15, -0.1) is 0 Å². The van der Waals surface area contributed by atoms with Crippen molar-refractivity contribution < 1.29 is 43.1 Å². The molecule has 2 atom stereocenters. The lowest BCUT2D eigenvalue weighted by atomic mass is 9.85. The summed E-state index contributed by atoms with van der Waals surface area (Å²) in [5.74, 6) is -1.28. The second-order valence-corrected chi connectivity index (χ2v) is 20.3. The normalized spacial score (nSPS) is 13.2. The van der Waals surface area contributed by atoms with E-state index in [1.807, 2.05) is 58.0 Å². The van der Waals surface area contributed by atoms with Crippen molar-refractivity contribution in [3.05, 3.63) is 135 Å². The Morgan fingerprint density at radius 2 is 1.18 bits per heavy atom. The first-order valence-electron chi connectivity index (χ1n) is 19.3. The van der Waals surface area contributed by atoms with Crippen LogP contribution in [0.4, 0.5) is 28.4 Å². The minimum atomic E-state index is -4.69. The summed E-state index contributed by atoms with van der Waals surface area (Å²) in [7, 11) is -13.2. The minimum Gasteiger partial charge on any atom is -0.341 e. The van der Waals surface area contributed by atoms with Crippen LogP contribution in [0.25, 0.3) is 0 Å². The van der Waals surface area contributed by atoms with Crippen LogP contribution in [0.15, 0.2) is 94.7 Å². The summed E-state index contributed by atoms with van der Waals surface area (Å²) < 4.78 is 119. The average Bonchev–Trinajstić information content (AvgIpc) is 3.15. The zero-order chi connectivity index (χ0) is 45.2. The van der Waals surface area contributed by atoms with E-state index >= 15 is 0 Å². The number of hydrogen-bond acceptors (Lipinski definition) is 9. The highest BCUT2D eigenvalue weighted by molar-refractivity contribution is 7.89. The van der Waals surface area contributed by atoms with E-state index in [0.29, 0.717) is 57.0 Å². The molecular weight excluding hydrogens is 861 g/mol. The van der Waals surface area contributed by atoms with Gasteiger partial charge < -0.3 is 9.80 Å². The maximum absolute atomic E-state index is 12.8. The smallest absolute Gasteiger partial charge is 0.294 e. The molecule has 0 heterocycles. The van der Waals surface area contributed by atoms with Crippen LogP contribution in [0.3, 0.4) is 0 Å². The molecule has 0 aliphatic heterocycles. The lowest BCUT2D eigenvalue weighted by Gasteiger charge is -2.31. The van der Waals surface area contributed by atoms with Crippen LogP contribution in [-0.2, 0) is 41.5 Å². The number of benzene rings is 5. The van der Waals surface area contributed by atoms with Crippen molar-refractivity contribution in [2.75, 3.05) is 33.4 Å². The number of nitrogens with one attached hydrogen (secondary N) is 1. The molecule has 0 bridgehead atoms. The van der Waals surface area contributed by atoms with E-state index in [4.69, 9.17) is 5.14 Å². The zero-order valence-electron chi connectivity index (χ0n) is 35.0. The molecule has 0 aliphatic carbocycles. The Balaban J connectivity index is 1.67. The summed E-state index contributed by atoms with van der Waals surface area (Å²) in [6.45, 7) is 13.5. The van der Waals surface area contributed by atoms with E-state index in [2.05, 4.69) is 9.62 Å². The van der Waals surface area contributed by atoms with Crippen molar-refractivity contribution in [1.82, 2.24) is 0 Å². The maximum atomic E-state index is 12.8. The summed E-state index contributed by atoms with van der Waals surface area (Å²) in [6.07, 6.45) is 0.766. The van der Waals surface area contributed by atoms with Crippen molar-refractivity contribution in [3.8, 4) is 0 Å². The molecule has 0 saturated heterocycles. The van der Waals surface area contributed by atoms with Crippen molar-refractivity contribution in [2.45, 2.75) is 77.0 Å². The molecule has 328 valence electrons. The molecule has 6 N–H and O–H groups in total. The van der Waals surface area contributed by atoms with Gasteiger partial charge in [0.05, 0.1) is 21.2 Å². The van der Waals surface area contributed by atoms with Gasteiger partial charge in [-0.1, -0.05) is 61.5 Å². The Labute approximate surface area is 361 Å². The van der Waals surface area contributed by atoms with Crippen LogP contribution in [0.2, 0.25) is 0 Å². The van der Waals surface area contributed by atoms with Gasteiger partial charge in [0.15, 0.2) is 0 Å². The fourth-order valence-corrected chi connectivity index (χ4v) is 11.2. The second kappa shape index (κ2) is 18.8. The third kappa shape index (κ3) is 10.9. The largest absolute Gasteiger partial charge is 0.341 e. The fraction of sp³-hybridized carbons (Fsp3) is 0.302. The molecule has 0 aliphatic rings. The molecule has 0 spiro atoms. The molecule has 0 saturated carbocycles. The molecule has 2 unspecified atom stereocenters. The van der Waals surface area contributed by atoms with Gasteiger partial charge in [0.1, 0.15) is 0 Å². The van der Waals surface area contributed by atoms with Gasteiger partial charge in [0.25, 0.3) is 31.5 Å². The van der Waals surface area contributed by atoms with E-state index in [0.717, 1.165) is 34.5 Å². The third-order valence-corrected chi connectivity index (χ3v) is 13.9. The van der Waals surface area contributed by atoms with Gasteiger partial charge >= 0.3 is 0 Å². The van der Waals surface area contributed by atoms with Gasteiger partial charge in [-0.3, -0.25) is 18.4 Å². The SMILES string of the molecule is CCCN(c1ccc(C(c2ccc(N(CCCS(=O)(=O)O)c3c(C)cc(C)c(S(N)(=O)=O)c3C)cc2)c2ccccc2S(=O)(=O)O)cc1)c1c(C)cc(C)c(NS(=O)O)c1C. The van der Waals surface area contributed by atoms with E-state index < -0.39 is 53.2 Å². The molecule has 0 fully saturated rings. The summed E-state index contributed by atoms with van der Waals surface area (Å²) in [6, 6.07) is 24.5. The Morgan fingerprint density at radius 3 is 1.66 bits per heavy atom. The number of nitrogens with two attached hydrogens (primary N) is 1. The molecule has 18 heteroatoms. The minimum absolute atomic E-state index is 0.00971. The van der Waals surface area contributed by atoms with E-state index in [-0.39, 0.29) is 22.8 Å². The van der Waals surface area contributed by atoms with Gasteiger partial charge in [-0.2, -0.15) is 16.8 Å². The van der Waals surface area contributed by atoms with Gasteiger partial charge in [0.2, 0.25) is 10.0 Å². The number of hydrogen-bond donors (Lipinski definition) is 5. The third-order valence-electron chi connectivity index (χ3n) is 10.6. The van der Waals surface area contributed by atoms with E-state index in [9.17, 15) is 43.1 Å². The molecular formula is C43H52N4O10S4. The standard InChI is InChI=1S/C43H52N4O10S4/c1-8-22-46(41-28(3)25-27(2)40(31(41)6)45-58(48)49)35-18-14-33(15-19-35)39(37-12-9-10-13-38(37)61(55,56)57)34-16-20-36(21-17-34)47(23-11-24-59(50,51)52)42-29(4)26-30(5)43(32(42)7)60(44,53)54/h9-10,12-21,25-26,39,45H,8,11,22-24H2,1-7H3,(H,48,49)(H2,44,53,54)(H,50,51,52)(H,55,56,57). The maximum Gasteiger partial charge on any atom is 0.294 e. The van der Waals surface area contributed by atoms with Crippen LogP contribution >= 0.6 is 0 Å². The first-order valence-corrected chi connectivity index (χ1v) is 25.0. The molecule has 61 heavy (non-hydrogen) atoms. The highest BCUT2D eigenvalue weighted by Gasteiger charge is 2.28. The van der Waals surface area contributed by atoms with Gasteiger partial charge in [0, 0.05) is 41.8 Å². The first kappa shape index (κ1) is 47.4. The highest BCUT2D eigenvalue weighted by atomic mass is 32.2. The quantitative estimate of drug-likeness (QED) is 0.0339. The van der Waals surface area contributed by atoms with Crippen LogP contribution in [0, 0.1) is 41.5 Å². The number of nitrogens with zero attached hydrogens (tertiary/aromatic N) is 2. The topological polar surface area (TPSA) is 225 Å². The number of aryl methyl sites for hydroxylation is 4. The van der Waals surface area contributed by atoms with Crippen LogP contribution in [0.5, 0.6) is 0 Å². The zero-order valence-corrected chi connectivity index (χ0v) is 38.3. The first-order chi connectivity index (χ1) is 28.4. The summed E-state index contributed by atoms with van der Waals surface area (Å²) in [5, 5.41) is 5.65. The predicted molar refractivity (Wildman–Crippen MR) is 242 cm³/mol. The second-order valence-electron chi connectivity index (χ2n) is 15.1. The van der Waals surface area contributed by atoms with Crippen molar-refractivity contribution >= 4 is 70.0 Å². The highest BCUT2D eigenvalue weighted by Crippen LogP contribution is 2.42. The van der Waals surface area contributed by atoms with Crippen LogP contribution < -0.4 is 19.7 Å². The lowest BCUT2D eigenvalue weighted by molar-refractivity contribution is 0.479. The number of sulfonamides is 1. The van der Waals surface area contributed by atoms with Gasteiger partial charge in [-0.05, 0) is 135 Å². The Kier molecular flexibility index (Phi) is 14.6. The number of primary sulfonamides is 1. The summed E-state index contributed by atoms with van der Waals surface area (Å²) in [5.41, 5.74) is 8.99. The molecule has 14 nitrogen and oxygen atoms in total. The Morgan fingerprint density at radius 1 is 0.689 bits per heavy atom. The Hall–Kier alpha value is -4.66. The van der Waals surface area contributed by atoms with Crippen molar-refractivity contribution in [2.24, 2.45) is 5.14 Å². The van der Waals surface area contributed by atoms with Crippen LogP contribution in [-0.4, -0.2) is 62.0 Å². The van der Waals surface area contributed by atoms with Gasteiger partial charge in [-0.25, -0.2) is 17.8 Å². The Bertz CT molecular complexity index is 2800. The molecule has 0 aromatic heterocycles. The predicted octanol–water partition coefficient (Wildman–Crippen LogP) is 8.12. The molecule has 0 radical (unpaired) electrons. The fourth-order valence-electron chi connectivity index (χ4n) is 8.41. The molecule has 5 rings (SSSR count). The van der Waals surface area contributed by atoms with E-state index in [1.165, 1.54) is 12.1 Å². The number of anilines is 5. The molecule has 5 aromatic carbocycles. The molecule has 0 amide bonds. The lowest BCUT2D eigenvalue weighted by Crippen LogP contribution is -2.25. The average molecular weight is 913 g/mol. The molecule has 5 aromatic rings. The number of rotatable bonds is 17. The monoisotopic (exact) mass is 912 g/mol. The van der Waals surface area contributed by atoms with Crippen molar-refractivity contribution in [1.29, 1.82) is 0 Å². The van der Waals surface area contributed by atoms with E-state index in [1.54, 1.807) is 68.1 Å².